The normalized spacial score (nSPS) is 15.5. The highest BCUT2D eigenvalue weighted by molar-refractivity contribution is 7.17. The molecule has 1 aliphatic heterocycles. The maximum Gasteiger partial charge on any atom is 0.139 e. The van der Waals surface area contributed by atoms with Gasteiger partial charge in [0.1, 0.15) is 22.8 Å². The van der Waals surface area contributed by atoms with Crippen LogP contribution in [-0.2, 0) is 6.54 Å². The van der Waals surface area contributed by atoms with Crippen molar-refractivity contribution in [2.75, 3.05) is 18.4 Å². The molecule has 1 saturated heterocycles. The molecule has 152 valence electrons. The van der Waals surface area contributed by atoms with Gasteiger partial charge in [-0.15, -0.1) is 11.3 Å². The molecule has 3 heterocycles. The number of piperidine rings is 1. The first-order valence-corrected chi connectivity index (χ1v) is 11.2. The van der Waals surface area contributed by atoms with Gasteiger partial charge in [0.15, 0.2) is 0 Å². The first-order chi connectivity index (χ1) is 14.8. The lowest BCUT2D eigenvalue weighted by Gasteiger charge is -2.32. The molecule has 0 unspecified atom stereocenters. The number of hydrogen-bond donors (Lipinski definition) is 1. The lowest BCUT2D eigenvalue weighted by atomic mass is 10.0. The van der Waals surface area contributed by atoms with Crippen LogP contribution in [0.4, 0.5) is 10.2 Å². The fourth-order valence-electron chi connectivity index (χ4n) is 4.10. The number of nitrogens with one attached hydrogen (secondary N) is 1. The molecule has 1 N–H and O–H groups in total. The first kappa shape index (κ1) is 19.2. The summed E-state index contributed by atoms with van der Waals surface area (Å²) in [7, 11) is 0. The van der Waals surface area contributed by atoms with E-state index in [-0.39, 0.29) is 5.82 Å². The Morgan fingerprint density at radius 1 is 1.00 bits per heavy atom. The average molecular weight is 419 g/mol. The number of thiophene rings is 1. The maximum atomic E-state index is 13.4. The van der Waals surface area contributed by atoms with E-state index in [4.69, 9.17) is 0 Å². The lowest BCUT2D eigenvalue weighted by Crippen LogP contribution is -2.38. The van der Waals surface area contributed by atoms with Crippen molar-refractivity contribution < 1.29 is 4.39 Å². The van der Waals surface area contributed by atoms with Gasteiger partial charge in [0.05, 0.1) is 5.39 Å². The Bertz CT molecular complexity index is 1120. The minimum atomic E-state index is -0.227. The monoisotopic (exact) mass is 418 g/mol. The van der Waals surface area contributed by atoms with E-state index in [1.807, 2.05) is 12.1 Å². The van der Waals surface area contributed by atoms with Crippen LogP contribution in [0.15, 0.2) is 66.3 Å². The number of rotatable bonds is 5. The quantitative estimate of drug-likeness (QED) is 0.460. The van der Waals surface area contributed by atoms with Crippen molar-refractivity contribution >= 4 is 27.4 Å². The second-order valence-corrected chi connectivity index (χ2v) is 8.60. The van der Waals surface area contributed by atoms with Gasteiger partial charge >= 0.3 is 0 Å². The van der Waals surface area contributed by atoms with Crippen molar-refractivity contribution in [3.8, 4) is 11.1 Å². The van der Waals surface area contributed by atoms with Gasteiger partial charge < -0.3 is 5.32 Å². The van der Waals surface area contributed by atoms with E-state index in [0.29, 0.717) is 6.04 Å². The molecule has 1 fully saturated rings. The Labute approximate surface area is 179 Å². The van der Waals surface area contributed by atoms with Crippen molar-refractivity contribution in [2.45, 2.75) is 25.4 Å². The van der Waals surface area contributed by atoms with Crippen LogP contribution in [0.3, 0.4) is 0 Å². The molecular formula is C24H23FN4S. The van der Waals surface area contributed by atoms with Crippen molar-refractivity contribution in [2.24, 2.45) is 0 Å². The van der Waals surface area contributed by atoms with E-state index in [9.17, 15) is 4.39 Å². The van der Waals surface area contributed by atoms with E-state index in [1.54, 1.807) is 17.7 Å². The summed E-state index contributed by atoms with van der Waals surface area (Å²) < 4.78 is 13.4. The standard InChI is InChI=1S/C24H23FN4S/c25-19-8-6-18(7-9-19)21-15-30-24-22(21)23(26-16-27-24)28-20-10-12-29(13-11-20)14-17-4-2-1-3-5-17/h1-9,15-16,20H,10-14H2,(H,26,27,28). The highest BCUT2D eigenvalue weighted by Gasteiger charge is 2.21. The number of anilines is 1. The molecule has 2 aromatic carbocycles. The van der Waals surface area contributed by atoms with E-state index < -0.39 is 0 Å². The highest BCUT2D eigenvalue weighted by Crippen LogP contribution is 2.37. The molecule has 0 spiro atoms. The fraction of sp³-hybridized carbons (Fsp3) is 0.250. The fourth-order valence-corrected chi connectivity index (χ4v) is 5.01. The Balaban J connectivity index is 1.31. The van der Waals surface area contributed by atoms with Crippen LogP contribution in [0.25, 0.3) is 21.3 Å². The largest absolute Gasteiger partial charge is 0.367 e. The molecule has 4 aromatic rings. The summed E-state index contributed by atoms with van der Waals surface area (Å²) in [6.45, 7) is 3.13. The second-order valence-electron chi connectivity index (χ2n) is 7.74. The first-order valence-electron chi connectivity index (χ1n) is 10.3. The Kier molecular flexibility index (Phi) is 5.43. The van der Waals surface area contributed by atoms with Gasteiger partial charge in [0.25, 0.3) is 0 Å². The van der Waals surface area contributed by atoms with Crippen LogP contribution in [0.5, 0.6) is 0 Å². The molecule has 0 bridgehead atoms. The zero-order valence-electron chi connectivity index (χ0n) is 16.6. The lowest BCUT2D eigenvalue weighted by molar-refractivity contribution is 0.211. The zero-order chi connectivity index (χ0) is 20.3. The zero-order valence-corrected chi connectivity index (χ0v) is 17.4. The van der Waals surface area contributed by atoms with Gasteiger partial charge in [0.2, 0.25) is 0 Å². The molecule has 30 heavy (non-hydrogen) atoms. The summed E-state index contributed by atoms with van der Waals surface area (Å²) in [6, 6.07) is 17.7. The number of halogens is 1. The minimum Gasteiger partial charge on any atom is -0.367 e. The topological polar surface area (TPSA) is 41.1 Å². The Morgan fingerprint density at radius 2 is 1.77 bits per heavy atom. The molecule has 0 atom stereocenters. The molecule has 0 amide bonds. The molecule has 2 aromatic heterocycles. The molecule has 5 rings (SSSR count). The van der Waals surface area contributed by atoms with E-state index in [1.165, 1.54) is 17.7 Å². The molecular weight excluding hydrogens is 395 g/mol. The van der Waals surface area contributed by atoms with Gasteiger partial charge in [-0.05, 0) is 36.1 Å². The van der Waals surface area contributed by atoms with Gasteiger partial charge in [-0.2, -0.15) is 0 Å². The number of benzene rings is 2. The van der Waals surface area contributed by atoms with Gasteiger partial charge in [-0.25, -0.2) is 14.4 Å². The highest BCUT2D eigenvalue weighted by atomic mass is 32.1. The van der Waals surface area contributed by atoms with E-state index in [2.05, 4.69) is 55.9 Å². The predicted molar refractivity (Wildman–Crippen MR) is 121 cm³/mol. The smallest absolute Gasteiger partial charge is 0.139 e. The molecule has 0 radical (unpaired) electrons. The summed E-state index contributed by atoms with van der Waals surface area (Å²) in [5.74, 6) is 0.650. The van der Waals surface area contributed by atoms with Crippen LogP contribution in [0, 0.1) is 5.82 Å². The number of likely N-dealkylation sites (tertiary alicyclic amines) is 1. The van der Waals surface area contributed by atoms with Crippen molar-refractivity contribution in [1.82, 2.24) is 14.9 Å². The van der Waals surface area contributed by atoms with Crippen molar-refractivity contribution in [3.05, 3.63) is 77.7 Å². The van der Waals surface area contributed by atoms with Crippen LogP contribution >= 0.6 is 11.3 Å². The summed E-state index contributed by atoms with van der Waals surface area (Å²) in [6.07, 6.45) is 3.78. The number of aromatic nitrogens is 2. The van der Waals surface area contributed by atoms with Crippen LogP contribution < -0.4 is 5.32 Å². The number of fused-ring (bicyclic) bond motifs is 1. The third kappa shape index (κ3) is 4.06. The number of nitrogens with zero attached hydrogens (tertiary/aromatic N) is 3. The summed E-state index contributed by atoms with van der Waals surface area (Å²) in [4.78, 5) is 12.5. The molecule has 0 saturated carbocycles. The Morgan fingerprint density at radius 3 is 2.53 bits per heavy atom. The summed E-state index contributed by atoms with van der Waals surface area (Å²) in [5, 5.41) is 6.78. The molecule has 4 nitrogen and oxygen atoms in total. The van der Waals surface area contributed by atoms with E-state index in [0.717, 1.165) is 59.6 Å². The summed E-state index contributed by atoms with van der Waals surface area (Å²) in [5.41, 5.74) is 3.40. The molecule has 1 aliphatic rings. The third-order valence-electron chi connectivity index (χ3n) is 5.70. The molecule has 6 heteroatoms. The van der Waals surface area contributed by atoms with Crippen molar-refractivity contribution in [1.29, 1.82) is 0 Å². The summed E-state index contributed by atoms with van der Waals surface area (Å²) >= 11 is 1.60. The third-order valence-corrected chi connectivity index (χ3v) is 6.59. The minimum absolute atomic E-state index is 0.227. The van der Waals surface area contributed by atoms with Crippen molar-refractivity contribution in [3.63, 3.8) is 0 Å². The SMILES string of the molecule is Fc1ccc(-c2csc3ncnc(NC4CCN(Cc5ccccc5)CC4)c23)cc1. The predicted octanol–water partition coefficient (Wildman–Crippen LogP) is 5.57. The van der Waals surface area contributed by atoms with Gasteiger partial charge in [0, 0.05) is 36.6 Å². The van der Waals surface area contributed by atoms with Crippen LogP contribution in [-0.4, -0.2) is 34.0 Å². The van der Waals surface area contributed by atoms with Crippen LogP contribution in [0.1, 0.15) is 18.4 Å². The maximum absolute atomic E-state index is 13.4. The van der Waals surface area contributed by atoms with Gasteiger partial charge in [-0.1, -0.05) is 42.5 Å². The molecule has 0 aliphatic carbocycles. The Hall–Kier alpha value is -2.83. The second kappa shape index (κ2) is 8.50. The van der Waals surface area contributed by atoms with Crippen LogP contribution in [0.2, 0.25) is 0 Å². The van der Waals surface area contributed by atoms with Gasteiger partial charge in [-0.3, -0.25) is 4.90 Å². The average Bonchev–Trinajstić information content (AvgIpc) is 3.22. The van der Waals surface area contributed by atoms with E-state index >= 15 is 0 Å². The number of hydrogen-bond acceptors (Lipinski definition) is 5.